The van der Waals surface area contributed by atoms with Gasteiger partial charge in [-0.2, -0.15) is 0 Å². The molecule has 6 nitrogen and oxygen atoms in total. The van der Waals surface area contributed by atoms with Gasteiger partial charge in [0.1, 0.15) is 5.82 Å². The number of nitrogens with zero attached hydrogens (tertiary/aromatic N) is 4. The Bertz CT molecular complexity index is 543. The van der Waals surface area contributed by atoms with Gasteiger partial charge in [-0.1, -0.05) is 0 Å². The molecule has 3 rings (SSSR count). The zero-order valence-electron chi connectivity index (χ0n) is 13.4. The second kappa shape index (κ2) is 6.60. The van der Waals surface area contributed by atoms with Crippen molar-refractivity contribution in [3.63, 3.8) is 0 Å². The molecular weight excluding hydrogens is 280 g/mol. The van der Waals surface area contributed by atoms with Crippen LogP contribution < -0.4 is 4.90 Å². The molecule has 1 unspecified atom stereocenters. The first-order valence-corrected chi connectivity index (χ1v) is 8.07. The van der Waals surface area contributed by atoms with E-state index in [1.807, 2.05) is 18.7 Å². The van der Waals surface area contributed by atoms with Crippen LogP contribution in [0.15, 0.2) is 6.20 Å². The quantitative estimate of drug-likeness (QED) is 0.821. The van der Waals surface area contributed by atoms with Gasteiger partial charge in [0.05, 0.1) is 30.5 Å². The highest BCUT2D eigenvalue weighted by Gasteiger charge is 2.31. The standard InChI is InChI=1S/C16H24N4O2/c1-12-10-17-13(2)15(18-12)20-5-3-4-14(11-20)16(21)19-6-8-22-9-7-19/h10,14H,3-9,11H2,1-2H3. The first-order chi connectivity index (χ1) is 10.6. The lowest BCUT2D eigenvalue weighted by atomic mass is 9.96. The lowest BCUT2D eigenvalue weighted by molar-refractivity contribution is -0.139. The Hall–Kier alpha value is -1.69. The first-order valence-electron chi connectivity index (χ1n) is 8.07. The number of ether oxygens (including phenoxy) is 1. The number of aryl methyl sites for hydroxylation is 2. The van der Waals surface area contributed by atoms with E-state index in [4.69, 9.17) is 4.74 Å². The van der Waals surface area contributed by atoms with Gasteiger partial charge >= 0.3 is 0 Å². The highest BCUT2D eigenvalue weighted by atomic mass is 16.5. The van der Waals surface area contributed by atoms with Gasteiger partial charge in [0.2, 0.25) is 5.91 Å². The summed E-state index contributed by atoms with van der Waals surface area (Å²) in [5.74, 6) is 1.26. The Labute approximate surface area is 131 Å². The molecule has 1 atom stereocenters. The highest BCUT2D eigenvalue weighted by Crippen LogP contribution is 2.25. The van der Waals surface area contributed by atoms with Gasteiger partial charge in [0, 0.05) is 32.4 Å². The molecule has 1 aromatic heterocycles. The number of aromatic nitrogens is 2. The van der Waals surface area contributed by atoms with Crippen molar-refractivity contribution in [2.24, 2.45) is 5.92 Å². The molecule has 2 fully saturated rings. The van der Waals surface area contributed by atoms with Crippen LogP contribution in [0.2, 0.25) is 0 Å². The molecule has 3 heterocycles. The number of rotatable bonds is 2. The smallest absolute Gasteiger partial charge is 0.227 e. The summed E-state index contributed by atoms with van der Waals surface area (Å²) in [6.07, 6.45) is 3.78. The van der Waals surface area contributed by atoms with Crippen molar-refractivity contribution in [3.05, 3.63) is 17.6 Å². The van der Waals surface area contributed by atoms with E-state index in [1.54, 1.807) is 6.20 Å². The maximum atomic E-state index is 12.7. The van der Waals surface area contributed by atoms with Crippen LogP contribution in [-0.2, 0) is 9.53 Å². The molecule has 0 bridgehead atoms. The summed E-state index contributed by atoms with van der Waals surface area (Å²) in [6, 6.07) is 0. The third-order valence-corrected chi connectivity index (χ3v) is 4.44. The fourth-order valence-corrected chi connectivity index (χ4v) is 3.24. The van der Waals surface area contributed by atoms with Crippen LogP contribution in [0.4, 0.5) is 5.82 Å². The lowest BCUT2D eigenvalue weighted by Crippen LogP contribution is -2.48. The van der Waals surface area contributed by atoms with Crippen molar-refractivity contribution in [3.8, 4) is 0 Å². The van der Waals surface area contributed by atoms with Crippen LogP contribution in [0.5, 0.6) is 0 Å². The Morgan fingerprint density at radius 2 is 2.05 bits per heavy atom. The van der Waals surface area contributed by atoms with E-state index in [0.29, 0.717) is 13.2 Å². The number of hydrogen-bond donors (Lipinski definition) is 0. The van der Waals surface area contributed by atoms with E-state index < -0.39 is 0 Å². The summed E-state index contributed by atoms with van der Waals surface area (Å²) in [5.41, 5.74) is 1.85. The lowest BCUT2D eigenvalue weighted by Gasteiger charge is -2.37. The molecule has 0 radical (unpaired) electrons. The third kappa shape index (κ3) is 3.21. The van der Waals surface area contributed by atoms with Crippen molar-refractivity contribution in [1.82, 2.24) is 14.9 Å². The molecule has 2 aliphatic rings. The minimum absolute atomic E-state index is 0.0635. The fourth-order valence-electron chi connectivity index (χ4n) is 3.24. The SMILES string of the molecule is Cc1cnc(C)c(N2CCCC(C(=O)N3CCOCC3)C2)n1. The van der Waals surface area contributed by atoms with E-state index in [-0.39, 0.29) is 11.8 Å². The summed E-state index contributed by atoms with van der Waals surface area (Å²) in [4.78, 5) is 25.9. The molecule has 2 saturated heterocycles. The molecule has 1 aromatic rings. The van der Waals surface area contributed by atoms with Crippen molar-refractivity contribution in [2.75, 3.05) is 44.3 Å². The highest BCUT2D eigenvalue weighted by molar-refractivity contribution is 5.80. The maximum absolute atomic E-state index is 12.7. The van der Waals surface area contributed by atoms with E-state index in [9.17, 15) is 4.79 Å². The van der Waals surface area contributed by atoms with E-state index in [2.05, 4.69) is 14.9 Å². The van der Waals surface area contributed by atoms with E-state index >= 15 is 0 Å². The topological polar surface area (TPSA) is 58.6 Å². The summed E-state index contributed by atoms with van der Waals surface area (Å²) in [6.45, 7) is 8.39. The van der Waals surface area contributed by atoms with E-state index in [0.717, 1.165) is 56.2 Å². The zero-order valence-corrected chi connectivity index (χ0v) is 13.4. The Balaban J connectivity index is 1.71. The monoisotopic (exact) mass is 304 g/mol. The van der Waals surface area contributed by atoms with Crippen LogP contribution >= 0.6 is 0 Å². The molecule has 0 N–H and O–H groups in total. The summed E-state index contributed by atoms with van der Waals surface area (Å²) < 4.78 is 5.33. The minimum Gasteiger partial charge on any atom is -0.378 e. The van der Waals surface area contributed by atoms with Crippen molar-refractivity contribution >= 4 is 11.7 Å². The first kappa shape index (κ1) is 15.2. The summed E-state index contributed by atoms with van der Waals surface area (Å²) >= 11 is 0. The van der Waals surface area contributed by atoms with Crippen LogP contribution in [0.1, 0.15) is 24.2 Å². The number of amides is 1. The molecular formula is C16H24N4O2. The normalized spacial score (nSPS) is 22.7. The Morgan fingerprint density at radius 1 is 1.27 bits per heavy atom. The summed E-state index contributed by atoms with van der Waals surface area (Å²) in [5, 5.41) is 0. The molecule has 120 valence electrons. The molecule has 22 heavy (non-hydrogen) atoms. The number of hydrogen-bond acceptors (Lipinski definition) is 5. The van der Waals surface area contributed by atoms with Crippen molar-refractivity contribution in [1.29, 1.82) is 0 Å². The van der Waals surface area contributed by atoms with Crippen LogP contribution in [0.25, 0.3) is 0 Å². The Morgan fingerprint density at radius 3 is 2.82 bits per heavy atom. The van der Waals surface area contributed by atoms with Gasteiger partial charge in [-0.25, -0.2) is 4.98 Å². The number of piperidine rings is 1. The van der Waals surface area contributed by atoms with Gasteiger partial charge in [-0.3, -0.25) is 9.78 Å². The molecule has 0 aliphatic carbocycles. The fraction of sp³-hybridized carbons (Fsp3) is 0.688. The molecule has 0 aromatic carbocycles. The predicted octanol–water partition coefficient (Wildman–Crippen LogP) is 1.17. The second-order valence-electron chi connectivity index (χ2n) is 6.14. The van der Waals surface area contributed by atoms with Crippen LogP contribution in [0.3, 0.4) is 0 Å². The second-order valence-corrected chi connectivity index (χ2v) is 6.14. The maximum Gasteiger partial charge on any atom is 0.227 e. The molecule has 1 amide bonds. The van der Waals surface area contributed by atoms with Gasteiger partial charge in [0.25, 0.3) is 0 Å². The third-order valence-electron chi connectivity index (χ3n) is 4.44. The summed E-state index contributed by atoms with van der Waals surface area (Å²) in [7, 11) is 0. The van der Waals surface area contributed by atoms with Gasteiger partial charge in [-0.05, 0) is 26.7 Å². The average molecular weight is 304 g/mol. The predicted molar refractivity (Wildman–Crippen MR) is 83.8 cm³/mol. The zero-order chi connectivity index (χ0) is 15.5. The number of anilines is 1. The number of carbonyl (C=O) groups is 1. The van der Waals surface area contributed by atoms with Crippen LogP contribution in [-0.4, -0.2) is 60.2 Å². The van der Waals surface area contributed by atoms with Gasteiger partial charge in [0.15, 0.2) is 0 Å². The largest absolute Gasteiger partial charge is 0.378 e. The minimum atomic E-state index is 0.0635. The molecule has 0 saturated carbocycles. The molecule has 2 aliphatic heterocycles. The van der Waals surface area contributed by atoms with Gasteiger partial charge < -0.3 is 14.5 Å². The number of morpholine rings is 1. The van der Waals surface area contributed by atoms with Gasteiger partial charge in [-0.15, -0.1) is 0 Å². The Kier molecular flexibility index (Phi) is 4.57. The molecule has 0 spiro atoms. The van der Waals surface area contributed by atoms with Crippen LogP contribution in [0, 0.1) is 19.8 Å². The van der Waals surface area contributed by atoms with Crippen molar-refractivity contribution in [2.45, 2.75) is 26.7 Å². The van der Waals surface area contributed by atoms with Crippen molar-refractivity contribution < 1.29 is 9.53 Å². The van der Waals surface area contributed by atoms with E-state index in [1.165, 1.54) is 0 Å². The molecule has 6 heteroatoms. The number of carbonyl (C=O) groups excluding carboxylic acids is 1. The average Bonchev–Trinajstić information content (AvgIpc) is 2.57.